The lowest BCUT2D eigenvalue weighted by Crippen LogP contribution is -2.53. The Hall–Kier alpha value is -1.49. The number of nitrogens with zero attached hydrogens (tertiary/aromatic N) is 5. The van der Waals surface area contributed by atoms with E-state index in [2.05, 4.69) is 46.0 Å². The molecular formula is C18H23BrFIN6. The number of piperazine rings is 1. The highest BCUT2D eigenvalue weighted by molar-refractivity contribution is 14.0. The molecule has 0 atom stereocenters. The second kappa shape index (κ2) is 10.7. The topological polar surface area (TPSA) is 56.7 Å². The first kappa shape index (κ1) is 21.8. The van der Waals surface area contributed by atoms with Gasteiger partial charge in [0.05, 0.1) is 0 Å². The number of benzene rings is 1. The first-order valence-electron chi connectivity index (χ1n) is 8.59. The number of rotatable bonds is 4. The van der Waals surface area contributed by atoms with Gasteiger partial charge in [0.2, 0.25) is 5.95 Å². The van der Waals surface area contributed by atoms with Crippen LogP contribution in [-0.4, -0.2) is 60.6 Å². The van der Waals surface area contributed by atoms with E-state index in [1.165, 1.54) is 6.07 Å². The third-order valence-electron chi connectivity index (χ3n) is 4.31. The first-order valence-corrected chi connectivity index (χ1v) is 9.38. The highest BCUT2D eigenvalue weighted by atomic mass is 127. The zero-order valence-electron chi connectivity index (χ0n) is 15.1. The zero-order chi connectivity index (χ0) is 18.4. The lowest BCUT2D eigenvalue weighted by atomic mass is 10.1. The van der Waals surface area contributed by atoms with Gasteiger partial charge in [-0.3, -0.25) is 4.99 Å². The average Bonchev–Trinajstić information content (AvgIpc) is 2.69. The van der Waals surface area contributed by atoms with E-state index in [-0.39, 0.29) is 29.8 Å². The monoisotopic (exact) mass is 548 g/mol. The molecule has 1 aliphatic heterocycles. The minimum absolute atomic E-state index is 0. The van der Waals surface area contributed by atoms with Crippen molar-refractivity contribution in [2.75, 3.05) is 44.7 Å². The van der Waals surface area contributed by atoms with Crippen LogP contribution in [0.15, 0.2) is 46.1 Å². The van der Waals surface area contributed by atoms with Crippen LogP contribution in [0.25, 0.3) is 0 Å². The third kappa shape index (κ3) is 6.00. The molecule has 0 saturated carbocycles. The smallest absolute Gasteiger partial charge is 0.225 e. The SMILES string of the molecule is CN=C(NCCc1cc(Br)ccc1F)N1CCN(c2ncccn2)CC1.I. The van der Waals surface area contributed by atoms with Gasteiger partial charge in [0, 0.05) is 56.6 Å². The Labute approximate surface area is 184 Å². The fourth-order valence-corrected chi connectivity index (χ4v) is 3.36. The molecule has 0 spiro atoms. The lowest BCUT2D eigenvalue weighted by molar-refractivity contribution is 0.370. The molecule has 1 saturated heterocycles. The quantitative estimate of drug-likeness (QED) is 0.362. The predicted molar refractivity (Wildman–Crippen MR) is 120 cm³/mol. The number of anilines is 1. The Kier molecular flexibility index (Phi) is 8.68. The molecule has 0 unspecified atom stereocenters. The fraction of sp³-hybridized carbons (Fsp3) is 0.389. The molecule has 0 bridgehead atoms. The van der Waals surface area contributed by atoms with Gasteiger partial charge in [0.25, 0.3) is 0 Å². The molecule has 3 rings (SSSR count). The van der Waals surface area contributed by atoms with E-state index in [1.807, 2.05) is 12.1 Å². The van der Waals surface area contributed by atoms with Gasteiger partial charge in [-0.25, -0.2) is 14.4 Å². The molecule has 1 aliphatic rings. The summed E-state index contributed by atoms with van der Waals surface area (Å²) in [6.07, 6.45) is 4.12. The lowest BCUT2D eigenvalue weighted by Gasteiger charge is -2.36. The van der Waals surface area contributed by atoms with E-state index < -0.39 is 0 Å². The molecule has 6 nitrogen and oxygen atoms in total. The van der Waals surface area contributed by atoms with Crippen molar-refractivity contribution in [3.05, 3.63) is 52.5 Å². The Morgan fingerprint density at radius 3 is 2.59 bits per heavy atom. The highest BCUT2D eigenvalue weighted by Crippen LogP contribution is 2.16. The Morgan fingerprint density at radius 1 is 1.22 bits per heavy atom. The molecular weight excluding hydrogens is 526 g/mol. The van der Waals surface area contributed by atoms with Crippen molar-refractivity contribution >= 4 is 51.8 Å². The van der Waals surface area contributed by atoms with Crippen molar-refractivity contribution in [3.63, 3.8) is 0 Å². The van der Waals surface area contributed by atoms with Crippen LogP contribution in [0, 0.1) is 5.82 Å². The molecule has 0 amide bonds. The number of hydrogen-bond donors (Lipinski definition) is 1. The number of halogens is 3. The van der Waals surface area contributed by atoms with E-state index >= 15 is 0 Å². The Bertz CT molecular complexity index is 753. The van der Waals surface area contributed by atoms with Gasteiger partial charge in [0.15, 0.2) is 5.96 Å². The highest BCUT2D eigenvalue weighted by Gasteiger charge is 2.20. The van der Waals surface area contributed by atoms with E-state index in [0.717, 1.165) is 42.6 Å². The second-order valence-electron chi connectivity index (χ2n) is 5.98. The Morgan fingerprint density at radius 2 is 1.93 bits per heavy atom. The Balaban J connectivity index is 0.00000261. The average molecular weight is 549 g/mol. The molecule has 2 heterocycles. The molecule has 27 heavy (non-hydrogen) atoms. The van der Waals surface area contributed by atoms with Gasteiger partial charge in [-0.1, -0.05) is 15.9 Å². The number of guanidine groups is 1. The van der Waals surface area contributed by atoms with Gasteiger partial charge in [-0.05, 0) is 36.2 Å². The molecule has 1 aromatic heterocycles. The van der Waals surface area contributed by atoms with Crippen LogP contribution in [0.2, 0.25) is 0 Å². The summed E-state index contributed by atoms with van der Waals surface area (Å²) in [7, 11) is 1.77. The third-order valence-corrected chi connectivity index (χ3v) is 4.80. The summed E-state index contributed by atoms with van der Waals surface area (Å²) in [5.41, 5.74) is 0.688. The maximum absolute atomic E-state index is 13.8. The molecule has 146 valence electrons. The van der Waals surface area contributed by atoms with Gasteiger partial charge < -0.3 is 15.1 Å². The minimum atomic E-state index is -0.179. The summed E-state index contributed by atoms with van der Waals surface area (Å²) in [6, 6.07) is 6.83. The van der Waals surface area contributed by atoms with Gasteiger partial charge >= 0.3 is 0 Å². The minimum Gasteiger partial charge on any atom is -0.356 e. The summed E-state index contributed by atoms with van der Waals surface area (Å²) >= 11 is 3.38. The van der Waals surface area contributed by atoms with E-state index in [4.69, 9.17) is 0 Å². The zero-order valence-corrected chi connectivity index (χ0v) is 19.0. The summed E-state index contributed by atoms with van der Waals surface area (Å²) in [4.78, 5) is 17.3. The maximum atomic E-state index is 13.8. The molecule has 2 aromatic rings. The second-order valence-corrected chi connectivity index (χ2v) is 6.90. The first-order chi connectivity index (χ1) is 12.7. The standard InChI is InChI=1S/C18H22BrFN6.HI/c1-21-17(24-8-5-14-13-15(19)3-4-16(14)20)25-9-11-26(12-10-25)18-22-6-2-7-23-18;/h2-4,6-7,13H,5,8-12H2,1H3,(H,21,24);1H. The van der Waals surface area contributed by atoms with Gasteiger partial charge in [-0.15, -0.1) is 24.0 Å². The molecule has 0 radical (unpaired) electrons. The van der Waals surface area contributed by atoms with E-state index in [9.17, 15) is 4.39 Å². The predicted octanol–water partition coefficient (Wildman–Crippen LogP) is 2.94. The largest absolute Gasteiger partial charge is 0.356 e. The van der Waals surface area contributed by atoms with Crippen LogP contribution in [0.4, 0.5) is 10.3 Å². The number of hydrogen-bond acceptors (Lipinski definition) is 4. The van der Waals surface area contributed by atoms with E-state index in [0.29, 0.717) is 18.5 Å². The van der Waals surface area contributed by atoms with Crippen LogP contribution in [0.5, 0.6) is 0 Å². The molecule has 1 fully saturated rings. The van der Waals surface area contributed by atoms with Crippen molar-refractivity contribution < 1.29 is 4.39 Å². The molecule has 1 aromatic carbocycles. The van der Waals surface area contributed by atoms with Crippen molar-refractivity contribution in [2.45, 2.75) is 6.42 Å². The van der Waals surface area contributed by atoms with Crippen LogP contribution < -0.4 is 10.2 Å². The van der Waals surface area contributed by atoms with Crippen LogP contribution >= 0.6 is 39.9 Å². The van der Waals surface area contributed by atoms with Crippen molar-refractivity contribution in [2.24, 2.45) is 4.99 Å². The molecule has 9 heteroatoms. The number of aliphatic imine (C=N–C) groups is 1. The van der Waals surface area contributed by atoms with E-state index in [1.54, 1.807) is 25.5 Å². The van der Waals surface area contributed by atoms with Crippen LogP contribution in [0.1, 0.15) is 5.56 Å². The maximum Gasteiger partial charge on any atom is 0.225 e. The van der Waals surface area contributed by atoms with Crippen molar-refractivity contribution in [1.82, 2.24) is 20.2 Å². The van der Waals surface area contributed by atoms with Crippen LogP contribution in [-0.2, 0) is 6.42 Å². The number of aromatic nitrogens is 2. The summed E-state index contributed by atoms with van der Waals surface area (Å²) in [5.74, 6) is 1.43. The number of nitrogens with one attached hydrogen (secondary N) is 1. The fourth-order valence-electron chi connectivity index (χ4n) is 2.95. The molecule has 0 aliphatic carbocycles. The molecule has 1 N–H and O–H groups in total. The normalized spacial score (nSPS) is 14.7. The van der Waals surface area contributed by atoms with Crippen molar-refractivity contribution in [1.29, 1.82) is 0 Å². The van der Waals surface area contributed by atoms with Crippen LogP contribution in [0.3, 0.4) is 0 Å². The summed E-state index contributed by atoms with van der Waals surface area (Å²) in [6.45, 7) is 3.98. The van der Waals surface area contributed by atoms with Gasteiger partial charge in [0.1, 0.15) is 5.82 Å². The van der Waals surface area contributed by atoms with Crippen molar-refractivity contribution in [3.8, 4) is 0 Å². The summed E-state index contributed by atoms with van der Waals surface area (Å²) < 4.78 is 14.7. The van der Waals surface area contributed by atoms with Gasteiger partial charge in [-0.2, -0.15) is 0 Å². The summed E-state index contributed by atoms with van der Waals surface area (Å²) in [5, 5.41) is 3.33.